The smallest absolute Gasteiger partial charge is 0.306 e. The van der Waals surface area contributed by atoms with Crippen LogP contribution in [0.1, 0.15) is 400 Å². The van der Waals surface area contributed by atoms with E-state index in [0.717, 1.165) is 83.5 Å². The summed E-state index contributed by atoms with van der Waals surface area (Å²) in [7, 11) is 0. The van der Waals surface area contributed by atoms with Crippen LogP contribution in [0.2, 0.25) is 0 Å². The van der Waals surface area contributed by atoms with Gasteiger partial charge in [0.25, 0.3) is 0 Å². The third kappa shape index (κ3) is 66.4. The lowest BCUT2D eigenvalue weighted by Crippen LogP contribution is -2.30. The molecule has 6 heteroatoms. The molecule has 0 amide bonds. The Morgan fingerprint density at radius 3 is 0.762 bits per heavy atom. The number of carbonyl (C=O) groups excluding carboxylic acids is 3. The number of ether oxygens (including phenoxy) is 3. The fourth-order valence-electron chi connectivity index (χ4n) is 11.1. The van der Waals surface area contributed by atoms with Gasteiger partial charge in [0.15, 0.2) is 6.10 Å². The molecule has 0 saturated carbocycles. The average Bonchev–Trinajstić information content (AvgIpc) is 3.46. The van der Waals surface area contributed by atoms with Crippen LogP contribution < -0.4 is 0 Å². The molecule has 0 bridgehead atoms. The van der Waals surface area contributed by atoms with Crippen molar-refractivity contribution >= 4 is 17.9 Å². The molecular formula is C74H138O6. The number of allylic oxidation sites excluding steroid dienone is 6. The number of hydrogen-bond donors (Lipinski definition) is 0. The van der Waals surface area contributed by atoms with Crippen molar-refractivity contribution in [2.24, 2.45) is 0 Å². The van der Waals surface area contributed by atoms with E-state index in [9.17, 15) is 14.4 Å². The summed E-state index contributed by atoms with van der Waals surface area (Å²) in [4.78, 5) is 38.5. The molecule has 80 heavy (non-hydrogen) atoms. The van der Waals surface area contributed by atoms with Gasteiger partial charge in [0.1, 0.15) is 13.2 Å². The fourth-order valence-corrected chi connectivity index (χ4v) is 11.1. The minimum absolute atomic E-state index is 0.0691. The highest BCUT2D eigenvalue weighted by Crippen LogP contribution is 2.19. The Hall–Kier alpha value is -2.37. The summed E-state index contributed by atoms with van der Waals surface area (Å²) in [6, 6.07) is 0. The van der Waals surface area contributed by atoms with Crippen molar-refractivity contribution in [2.75, 3.05) is 13.2 Å². The number of rotatable bonds is 67. The Kier molecular flexibility index (Phi) is 67.1. The Morgan fingerprint density at radius 2 is 0.487 bits per heavy atom. The van der Waals surface area contributed by atoms with Gasteiger partial charge < -0.3 is 14.2 Å². The molecule has 0 saturated heterocycles. The second-order valence-corrected chi connectivity index (χ2v) is 24.5. The predicted molar refractivity (Wildman–Crippen MR) is 349 cm³/mol. The Labute approximate surface area is 499 Å². The lowest BCUT2D eigenvalue weighted by molar-refractivity contribution is -0.167. The van der Waals surface area contributed by atoms with Crippen molar-refractivity contribution in [3.05, 3.63) is 36.5 Å². The fraction of sp³-hybridized carbons (Fsp3) is 0.878. The van der Waals surface area contributed by atoms with Crippen LogP contribution in [0.15, 0.2) is 36.5 Å². The normalized spacial score (nSPS) is 12.2. The number of carbonyl (C=O) groups is 3. The summed E-state index contributed by atoms with van der Waals surface area (Å²) in [6.07, 6.45) is 86.1. The Bertz CT molecular complexity index is 1340. The maximum atomic E-state index is 13.0. The lowest BCUT2D eigenvalue weighted by Gasteiger charge is -2.18. The average molecular weight is 1120 g/mol. The standard InChI is InChI=1S/C74H138O6/c1-4-7-10-13-16-19-22-25-28-31-33-34-35-36-37-38-39-41-43-46-49-52-55-58-61-64-67-73(76)79-70-71(69-78-72(75)66-63-60-57-54-51-48-45-42-30-27-24-21-18-15-12-9-6-3)80-74(77)68-65-62-59-56-53-50-47-44-40-32-29-26-23-20-17-14-11-8-5-2/h9,12,18,21,27,30,71H,4-8,10-11,13-17,19-20,22-26,28-29,31-70H2,1-3H3/b12-9-,21-18-,30-27-. The van der Waals surface area contributed by atoms with Gasteiger partial charge >= 0.3 is 17.9 Å². The third-order valence-electron chi connectivity index (χ3n) is 16.4. The van der Waals surface area contributed by atoms with E-state index in [0.29, 0.717) is 19.3 Å². The first-order valence-corrected chi connectivity index (χ1v) is 36.0. The van der Waals surface area contributed by atoms with Gasteiger partial charge in [0.05, 0.1) is 0 Å². The van der Waals surface area contributed by atoms with Crippen LogP contribution in [-0.4, -0.2) is 37.2 Å². The van der Waals surface area contributed by atoms with E-state index in [1.54, 1.807) is 0 Å². The van der Waals surface area contributed by atoms with Gasteiger partial charge in [-0.25, -0.2) is 0 Å². The molecule has 0 aromatic heterocycles. The van der Waals surface area contributed by atoms with Gasteiger partial charge in [-0.1, -0.05) is 365 Å². The molecule has 6 nitrogen and oxygen atoms in total. The highest BCUT2D eigenvalue weighted by atomic mass is 16.6. The third-order valence-corrected chi connectivity index (χ3v) is 16.4. The maximum Gasteiger partial charge on any atom is 0.306 e. The zero-order valence-corrected chi connectivity index (χ0v) is 54.1. The maximum absolute atomic E-state index is 13.0. The first-order chi connectivity index (χ1) is 39.5. The molecule has 0 spiro atoms. The van der Waals surface area contributed by atoms with Crippen molar-refractivity contribution < 1.29 is 28.6 Å². The first-order valence-electron chi connectivity index (χ1n) is 36.0. The van der Waals surface area contributed by atoms with Crippen LogP contribution in [-0.2, 0) is 28.6 Å². The molecule has 0 aliphatic heterocycles. The van der Waals surface area contributed by atoms with Gasteiger partial charge in [-0.05, 0) is 51.4 Å². The van der Waals surface area contributed by atoms with Crippen molar-refractivity contribution in [3.63, 3.8) is 0 Å². The van der Waals surface area contributed by atoms with Crippen LogP contribution in [0.25, 0.3) is 0 Å². The van der Waals surface area contributed by atoms with Crippen molar-refractivity contribution in [1.29, 1.82) is 0 Å². The zero-order chi connectivity index (χ0) is 57.8. The van der Waals surface area contributed by atoms with E-state index in [2.05, 4.69) is 57.2 Å². The minimum atomic E-state index is -0.774. The van der Waals surface area contributed by atoms with Gasteiger partial charge in [0, 0.05) is 19.3 Å². The summed E-state index contributed by atoms with van der Waals surface area (Å²) in [5.74, 6) is -0.847. The SMILES string of the molecule is CC/C=C\C/C=C\C/C=C\CCCCCCCCCC(=O)OCC(COC(=O)CCCCCCCCCCCCCCCCCCCCCCCCCCCC)OC(=O)CCCCCCCCCCCCCCCCCCCCC. The Balaban J connectivity index is 4.25. The molecule has 0 rings (SSSR count). The van der Waals surface area contributed by atoms with E-state index < -0.39 is 6.10 Å². The number of unbranched alkanes of at least 4 members (excludes halogenated alkanes) is 50. The largest absolute Gasteiger partial charge is 0.462 e. The van der Waals surface area contributed by atoms with Crippen molar-refractivity contribution in [1.82, 2.24) is 0 Å². The zero-order valence-electron chi connectivity index (χ0n) is 54.1. The molecule has 0 heterocycles. The first kappa shape index (κ1) is 77.6. The molecule has 0 radical (unpaired) electrons. The predicted octanol–water partition coefficient (Wildman–Crippen LogP) is 24.7. The Morgan fingerprint density at radius 1 is 0.263 bits per heavy atom. The number of esters is 3. The second-order valence-electron chi connectivity index (χ2n) is 24.5. The number of hydrogen-bond acceptors (Lipinski definition) is 6. The van der Waals surface area contributed by atoms with Crippen LogP contribution in [0.4, 0.5) is 0 Å². The topological polar surface area (TPSA) is 78.9 Å². The van der Waals surface area contributed by atoms with E-state index in [1.165, 1.54) is 276 Å². The molecule has 0 fully saturated rings. The molecular weight excluding hydrogens is 985 g/mol. The molecule has 0 aromatic carbocycles. The molecule has 1 atom stereocenters. The van der Waals surface area contributed by atoms with Gasteiger partial charge in [-0.15, -0.1) is 0 Å². The summed E-state index contributed by atoms with van der Waals surface area (Å²) >= 11 is 0. The highest BCUT2D eigenvalue weighted by molar-refractivity contribution is 5.71. The van der Waals surface area contributed by atoms with E-state index in [-0.39, 0.29) is 31.1 Å². The quantitative estimate of drug-likeness (QED) is 0.0261. The molecule has 0 aromatic rings. The second kappa shape index (κ2) is 69.1. The molecule has 0 aliphatic rings. The summed E-state index contributed by atoms with van der Waals surface area (Å²) in [5.41, 5.74) is 0. The van der Waals surface area contributed by atoms with E-state index in [4.69, 9.17) is 14.2 Å². The van der Waals surface area contributed by atoms with Crippen LogP contribution in [0, 0.1) is 0 Å². The van der Waals surface area contributed by atoms with Crippen LogP contribution >= 0.6 is 0 Å². The van der Waals surface area contributed by atoms with Gasteiger partial charge in [-0.2, -0.15) is 0 Å². The lowest BCUT2D eigenvalue weighted by atomic mass is 10.0. The molecule has 1 unspecified atom stereocenters. The highest BCUT2D eigenvalue weighted by Gasteiger charge is 2.19. The van der Waals surface area contributed by atoms with E-state index >= 15 is 0 Å². The van der Waals surface area contributed by atoms with Crippen LogP contribution in [0.5, 0.6) is 0 Å². The molecule has 470 valence electrons. The molecule has 0 aliphatic carbocycles. The summed E-state index contributed by atoms with van der Waals surface area (Å²) < 4.78 is 17.0. The summed E-state index contributed by atoms with van der Waals surface area (Å²) in [5, 5.41) is 0. The minimum Gasteiger partial charge on any atom is -0.462 e. The van der Waals surface area contributed by atoms with Gasteiger partial charge in [-0.3, -0.25) is 14.4 Å². The monoisotopic (exact) mass is 1120 g/mol. The van der Waals surface area contributed by atoms with Crippen molar-refractivity contribution in [2.45, 2.75) is 406 Å². The van der Waals surface area contributed by atoms with Gasteiger partial charge in [0.2, 0.25) is 0 Å². The van der Waals surface area contributed by atoms with Crippen LogP contribution in [0.3, 0.4) is 0 Å². The van der Waals surface area contributed by atoms with E-state index in [1.807, 2.05) is 0 Å². The van der Waals surface area contributed by atoms with Crippen molar-refractivity contribution in [3.8, 4) is 0 Å². The summed E-state index contributed by atoms with van der Waals surface area (Å²) in [6.45, 7) is 6.61. The molecule has 0 N–H and O–H groups in total.